The number of piperidine rings is 1. The smallest absolute Gasteiger partial charge is 0.270 e. The highest BCUT2D eigenvalue weighted by molar-refractivity contribution is 6.35. The number of nitrogens with zero attached hydrogens (tertiary/aromatic N) is 2. The molecule has 6 nitrogen and oxygen atoms in total. The number of H-pyrrole nitrogens is 1. The summed E-state index contributed by atoms with van der Waals surface area (Å²) in [4.78, 5) is 14.6. The number of nitrogens with one attached hydrogen (secondary N) is 2. The van der Waals surface area contributed by atoms with Crippen molar-refractivity contribution in [3.8, 4) is 0 Å². The zero-order valence-electron chi connectivity index (χ0n) is 13.4. The number of carbonyl (C=O) groups excluding carboxylic acids is 1. The van der Waals surface area contributed by atoms with E-state index in [9.17, 15) is 4.79 Å². The third-order valence-corrected chi connectivity index (χ3v) is 4.45. The molecule has 2 rings (SSSR count). The second-order valence-corrected chi connectivity index (χ2v) is 6.76. The van der Waals surface area contributed by atoms with E-state index in [0.29, 0.717) is 18.5 Å². The summed E-state index contributed by atoms with van der Waals surface area (Å²) in [6.07, 6.45) is 4.72. The largest absolute Gasteiger partial charge is 0.381 e. The van der Waals surface area contributed by atoms with Crippen LogP contribution in [0.25, 0.3) is 0 Å². The summed E-state index contributed by atoms with van der Waals surface area (Å²) in [5.74, 6) is 0.574. The zero-order chi connectivity index (χ0) is 16.1. The Balaban J connectivity index is 1.81. The van der Waals surface area contributed by atoms with Crippen molar-refractivity contribution >= 4 is 23.3 Å². The fourth-order valence-electron chi connectivity index (χ4n) is 3.03. The van der Waals surface area contributed by atoms with Crippen molar-refractivity contribution < 1.29 is 4.79 Å². The molecule has 1 unspecified atom stereocenters. The number of nitrogens with two attached hydrogens (primary N) is 1. The van der Waals surface area contributed by atoms with Crippen LogP contribution in [0.3, 0.4) is 0 Å². The second kappa shape index (κ2) is 7.83. The number of aromatic amines is 1. The first-order valence-electron chi connectivity index (χ1n) is 8.00. The van der Waals surface area contributed by atoms with E-state index < -0.39 is 0 Å². The van der Waals surface area contributed by atoms with E-state index >= 15 is 0 Å². The third kappa shape index (κ3) is 4.36. The van der Waals surface area contributed by atoms with Gasteiger partial charge in [0, 0.05) is 19.1 Å². The highest BCUT2D eigenvalue weighted by Crippen LogP contribution is 2.21. The minimum atomic E-state index is -0.250. The SMILES string of the molecule is CC(C)CN1CCCCC1CCNC(=O)c1[nH]nc(N)c1Cl. The van der Waals surface area contributed by atoms with Gasteiger partial charge in [0.1, 0.15) is 10.7 Å². The molecular formula is C15H26ClN5O. The van der Waals surface area contributed by atoms with E-state index in [2.05, 4.69) is 34.3 Å². The van der Waals surface area contributed by atoms with Crippen molar-refractivity contribution in [2.24, 2.45) is 5.92 Å². The summed E-state index contributed by atoms with van der Waals surface area (Å²) in [5.41, 5.74) is 5.77. The molecule has 1 atom stereocenters. The maximum absolute atomic E-state index is 12.0. The van der Waals surface area contributed by atoms with Gasteiger partial charge in [0.15, 0.2) is 5.82 Å². The molecule has 1 amide bonds. The van der Waals surface area contributed by atoms with Crippen LogP contribution < -0.4 is 11.1 Å². The van der Waals surface area contributed by atoms with Gasteiger partial charge in [-0.2, -0.15) is 5.10 Å². The molecule has 1 aliphatic rings. The van der Waals surface area contributed by atoms with Gasteiger partial charge >= 0.3 is 0 Å². The van der Waals surface area contributed by atoms with Crippen LogP contribution in [-0.2, 0) is 0 Å². The molecule has 0 spiro atoms. The molecule has 1 saturated heterocycles. The van der Waals surface area contributed by atoms with Gasteiger partial charge in [0.25, 0.3) is 5.91 Å². The first-order valence-corrected chi connectivity index (χ1v) is 8.38. The molecule has 22 heavy (non-hydrogen) atoms. The van der Waals surface area contributed by atoms with E-state index in [1.165, 1.54) is 25.8 Å². The van der Waals surface area contributed by atoms with Crippen molar-refractivity contribution in [3.05, 3.63) is 10.7 Å². The van der Waals surface area contributed by atoms with E-state index in [-0.39, 0.29) is 22.4 Å². The number of carbonyl (C=O) groups is 1. The van der Waals surface area contributed by atoms with Crippen LogP contribution in [0, 0.1) is 5.92 Å². The van der Waals surface area contributed by atoms with Crippen molar-refractivity contribution in [2.45, 2.75) is 45.6 Å². The van der Waals surface area contributed by atoms with Crippen molar-refractivity contribution in [2.75, 3.05) is 25.4 Å². The van der Waals surface area contributed by atoms with Gasteiger partial charge in [-0.25, -0.2) is 0 Å². The molecule has 124 valence electrons. The average molecular weight is 328 g/mol. The normalized spacial score (nSPS) is 19.5. The summed E-state index contributed by atoms with van der Waals surface area (Å²) in [6, 6.07) is 0.554. The van der Waals surface area contributed by atoms with Crippen LogP contribution in [0.5, 0.6) is 0 Å². The Bertz CT molecular complexity index is 502. The van der Waals surface area contributed by atoms with Crippen molar-refractivity contribution in [3.63, 3.8) is 0 Å². The van der Waals surface area contributed by atoms with Gasteiger partial charge in [-0.15, -0.1) is 0 Å². The molecule has 0 aromatic carbocycles. The molecule has 1 fully saturated rings. The number of nitrogen functional groups attached to an aromatic ring is 1. The van der Waals surface area contributed by atoms with Crippen LogP contribution in [0.1, 0.15) is 50.0 Å². The summed E-state index contributed by atoms with van der Waals surface area (Å²) in [6.45, 7) is 7.42. The number of amides is 1. The second-order valence-electron chi connectivity index (χ2n) is 6.38. The molecular weight excluding hydrogens is 302 g/mol. The van der Waals surface area contributed by atoms with Crippen molar-refractivity contribution in [1.29, 1.82) is 0 Å². The third-order valence-electron chi connectivity index (χ3n) is 4.07. The maximum atomic E-state index is 12.0. The number of aromatic nitrogens is 2. The molecule has 0 saturated carbocycles. The number of halogens is 1. The van der Waals surface area contributed by atoms with Gasteiger partial charge in [0.05, 0.1) is 0 Å². The minimum absolute atomic E-state index is 0.155. The van der Waals surface area contributed by atoms with Crippen LogP contribution >= 0.6 is 11.6 Å². The van der Waals surface area contributed by atoms with Crippen molar-refractivity contribution in [1.82, 2.24) is 20.4 Å². The Labute approximate surface area is 136 Å². The average Bonchev–Trinajstić information content (AvgIpc) is 2.80. The molecule has 0 radical (unpaired) electrons. The van der Waals surface area contributed by atoms with E-state index in [1.54, 1.807) is 0 Å². The molecule has 0 bridgehead atoms. The van der Waals surface area contributed by atoms with Gasteiger partial charge in [-0.3, -0.25) is 9.89 Å². The van der Waals surface area contributed by atoms with Crippen LogP contribution in [-0.4, -0.2) is 46.7 Å². The lowest BCUT2D eigenvalue weighted by Crippen LogP contribution is -2.43. The van der Waals surface area contributed by atoms with E-state index in [0.717, 1.165) is 13.0 Å². The quantitative estimate of drug-likeness (QED) is 0.748. The highest BCUT2D eigenvalue weighted by atomic mass is 35.5. The van der Waals surface area contributed by atoms with Gasteiger partial charge in [-0.1, -0.05) is 31.9 Å². The number of likely N-dealkylation sites (tertiary alicyclic amines) is 1. The molecule has 4 N–H and O–H groups in total. The summed E-state index contributed by atoms with van der Waals surface area (Å²) < 4.78 is 0. The lowest BCUT2D eigenvalue weighted by Gasteiger charge is -2.37. The molecule has 7 heteroatoms. The summed E-state index contributed by atoms with van der Waals surface area (Å²) in [7, 11) is 0. The maximum Gasteiger partial charge on any atom is 0.270 e. The fourth-order valence-corrected chi connectivity index (χ4v) is 3.20. The Morgan fingerprint density at radius 3 is 2.95 bits per heavy atom. The molecule has 1 aromatic heterocycles. The van der Waals surface area contributed by atoms with Gasteiger partial charge in [0.2, 0.25) is 0 Å². The number of rotatable bonds is 6. The van der Waals surface area contributed by atoms with Crippen LogP contribution in [0.2, 0.25) is 5.02 Å². The summed E-state index contributed by atoms with van der Waals surface area (Å²) >= 11 is 5.92. The van der Waals surface area contributed by atoms with Crippen LogP contribution in [0.4, 0.5) is 5.82 Å². The lowest BCUT2D eigenvalue weighted by molar-refractivity contribution is 0.0929. The number of hydrogen-bond donors (Lipinski definition) is 3. The highest BCUT2D eigenvalue weighted by Gasteiger charge is 2.23. The monoisotopic (exact) mass is 327 g/mol. The predicted octanol–water partition coefficient (Wildman–Crippen LogP) is 2.28. The Kier molecular flexibility index (Phi) is 6.08. The van der Waals surface area contributed by atoms with Gasteiger partial charge in [-0.05, 0) is 31.7 Å². The Morgan fingerprint density at radius 2 is 2.32 bits per heavy atom. The lowest BCUT2D eigenvalue weighted by atomic mass is 9.98. The predicted molar refractivity (Wildman–Crippen MR) is 89.0 cm³/mol. The first-order chi connectivity index (χ1) is 10.5. The molecule has 1 aromatic rings. The minimum Gasteiger partial charge on any atom is -0.381 e. The van der Waals surface area contributed by atoms with Gasteiger partial charge < -0.3 is 16.0 Å². The standard InChI is InChI=1S/C15H26ClN5O/c1-10(2)9-21-8-4-3-5-11(21)6-7-18-15(22)13-12(16)14(17)20-19-13/h10-11H,3-9H2,1-2H3,(H,18,22)(H3,17,19,20). The fraction of sp³-hybridized carbons (Fsp3) is 0.733. The number of hydrogen-bond acceptors (Lipinski definition) is 4. The molecule has 2 heterocycles. The Morgan fingerprint density at radius 1 is 1.55 bits per heavy atom. The summed E-state index contributed by atoms with van der Waals surface area (Å²) in [5, 5.41) is 9.39. The number of anilines is 1. The molecule has 0 aliphatic carbocycles. The zero-order valence-corrected chi connectivity index (χ0v) is 14.1. The van der Waals surface area contributed by atoms with E-state index in [4.69, 9.17) is 17.3 Å². The first kappa shape index (κ1) is 17.1. The van der Waals surface area contributed by atoms with E-state index in [1.807, 2.05) is 0 Å². The topological polar surface area (TPSA) is 87.0 Å². The van der Waals surface area contributed by atoms with Crippen LogP contribution in [0.15, 0.2) is 0 Å². The Hall–Kier alpha value is -1.27. The molecule has 1 aliphatic heterocycles.